The fraction of sp³-hybridized carbons (Fsp3) is 0.278. The maximum absolute atomic E-state index is 12.0. The van der Waals surface area contributed by atoms with Gasteiger partial charge in [0.25, 0.3) is 5.91 Å². The van der Waals surface area contributed by atoms with Crippen molar-refractivity contribution in [3.63, 3.8) is 0 Å². The second-order valence-corrected chi connectivity index (χ2v) is 7.19. The van der Waals surface area contributed by atoms with E-state index in [9.17, 15) is 9.59 Å². The first-order valence-electron chi connectivity index (χ1n) is 7.74. The number of hydrazone groups is 1. The maximum atomic E-state index is 12.0. The number of aryl methyl sites for hydroxylation is 1. The summed E-state index contributed by atoms with van der Waals surface area (Å²) in [6.07, 6.45) is 2.09. The zero-order valence-corrected chi connectivity index (χ0v) is 14.8. The largest absolute Gasteiger partial charge is 0.326 e. The molecule has 2 N–H and O–H groups in total. The van der Waals surface area contributed by atoms with Gasteiger partial charge in [-0.15, -0.1) is 11.3 Å². The van der Waals surface area contributed by atoms with Crippen LogP contribution in [0.1, 0.15) is 40.4 Å². The number of anilines is 1. The molecule has 0 aliphatic rings. The number of thiophene rings is 1. The minimum Gasteiger partial charge on any atom is -0.326 e. The molecule has 0 unspecified atom stereocenters. The van der Waals surface area contributed by atoms with Crippen LogP contribution in [0.4, 0.5) is 5.69 Å². The molecule has 24 heavy (non-hydrogen) atoms. The highest BCUT2D eigenvalue weighted by atomic mass is 32.1. The summed E-state index contributed by atoms with van der Waals surface area (Å²) >= 11 is 1.61. The Hall–Kier alpha value is -2.47. The van der Waals surface area contributed by atoms with Gasteiger partial charge in [0.2, 0.25) is 5.91 Å². The van der Waals surface area contributed by atoms with Crippen molar-refractivity contribution in [1.29, 1.82) is 0 Å². The summed E-state index contributed by atoms with van der Waals surface area (Å²) in [6.45, 7) is 6.00. The molecular formula is C18H21N3O2S. The van der Waals surface area contributed by atoms with Crippen molar-refractivity contribution in [2.45, 2.75) is 27.2 Å². The van der Waals surface area contributed by atoms with Crippen LogP contribution >= 0.6 is 11.3 Å². The molecule has 0 spiro atoms. The molecule has 1 aromatic carbocycles. The van der Waals surface area contributed by atoms with E-state index in [0.717, 1.165) is 4.88 Å². The number of carbonyl (C=O) groups is 2. The molecule has 6 heteroatoms. The molecule has 2 rings (SSSR count). The molecule has 5 nitrogen and oxygen atoms in total. The Morgan fingerprint density at radius 1 is 1.17 bits per heavy atom. The van der Waals surface area contributed by atoms with Crippen LogP contribution in [0.3, 0.4) is 0 Å². The molecule has 1 aromatic heterocycles. The van der Waals surface area contributed by atoms with E-state index >= 15 is 0 Å². The molecule has 0 saturated carbocycles. The molecule has 2 aromatic rings. The lowest BCUT2D eigenvalue weighted by Crippen LogP contribution is -2.18. The van der Waals surface area contributed by atoms with Crippen molar-refractivity contribution < 1.29 is 9.59 Å². The summed E-state index contributed by atoms with van der Waals surface area (Å²) in [4.78, 5) is 25.9. The van der Waals surface area contributed by atoms with Gasteiger partial charge in [0.15, 0.2) is 0 Å². The highest BCUT2D eigenvalue weighted by Crippen LogP contribution is 2.13. The predicted octanol–water partition coefficient (Wildman–Crippen LogP) is 3.81. The van der Waals surface area contributed by atoms with Crippen molar-refractivity contribution in [3.8, 4) is 0 Å². The van der Waals surface area contributed by atoms with Gasteiger partial charge in [0.1, 0.15) is 0 Å². The Morgan fingerprint density at radius 3 is 2.46 bits per heavy atom. The van der Waals surface area contributed by atoms with E-state index in [1.165, 1.54) is 4.88 Å². The fourth-order valence-corrected chi connectivity index (χ4v) is 2.78. The van der Waals surface area contributed by atoms with Crippen LogP contribution in [-0.2, 0) is 4.79 Å². The van der Waals surface area contributed by atoms with E-state index in [1.54, 1.807) is 41.8 Å². The Kier molecular flexibility index (Phi) is 6.26. The van der Waals surface area contributed by atoms with Crippen LogP contribution in [-0.4, -0.2) is 18.0 Å². The van der Waals surface area contributed by atoms with Gasteiger partial charge in [-0.3, -0.25) is 9.59 Å². The number of amides is 2. The maximum Gasteiger partial charge on any atom is 0.271 e. The van der Waals surface area contributed by atoms with E-state index < -0.39 is 0 Å². The van der Waals surface area contributed by atoms with Gasteiger partial charge in [-0.25, -0.2) is 5.43 Å². The van der Waals surface area contributed by atoms with Crippen molar-refractivity contribution in [2.75, 3.05) is 5.32 Å². The third-order valence-corrected chi connectivity index (χ3v) is 4.08. The SMILES string of the molecule is Cc1ccc(C=NNC(=O)c2ccc(NC(=O)CC(C)C)cc2)s1. The van der Waals surface area contributed by atoms with Gasteiger partial charge in [0.05, 0.1) is 6.21 Å². The third kappa shape index (κ3) is 5.62. The first-order valence-corrected chi connectivity index (χ1v) is 8.55. The van der Waals surface area contributed by atoms with Crippen molar-refractivity contribution in [3.05, 3.63) is 51.7 Å². The summed E-state index contributed by atoms with van der Waals surface area (Å²) in [6, 6.07) is 10.7. The van der Waals surface area contributed by atoms with Gasteiger partial charge in [0, 0.05) is 27.4 Å². The van der Waals surface area contributed by atoms with Crippen molar-refractivity contribution in [2.24, 2.45) is 11.0 Å². The average Bonchev–Trinajstić information content (AvgIpc) is 2.92. The summed E-state index contributed by atoms with van der Waals surface area (Å²) in [7, 11) is 0. The lowest BCUT2D eigenvalue weighted by Gasteiger charge is -2.07. The second kappa shape index (κ2) is 8.40. The summed E-state index contributed by atoms with van der Waals surface area (Å²) in [5.74, 6) is -0.0160. The predicted molar refractivity (Wildman–Crippen MR) is 98.6 cm³/mol. The highest BCUT2D eigenvalue weighted by molar-refractivity contribution is 7.13. The van der Waals surface area contributed by atoms with Crippen molar-refractivity contribution in [1.82, 2.24) is 5.43 Å². The van der Waals surface area contributed by atoms with Crippen LogP contribution in [0.15, 0.2) is 41.5 Å². The molecule has 0 atom stereocenters. The first kappa shape index (κ1) is 17.9. The molecule has 0 radical (unpaired) electrons. The molecule has 0 bridgehead atoms. The number of nitrogens with zero attached hydrogens (tertiary/aromatic N) is 1. The van der Waals surface area contributed by atoms with Gasteiger partial charge in [-0.1, -0.05) is 13.8 Å². The van der Waals surface area contributed by atoms with Crippen LogP contribution < -0.4 is 10.7 Å². The van der Waals surface area contributed by atoms with Crippen molar-refractivity contribution >= 4 is 35.1 Å². The quantitative estimate of drug-likeness (QED) is 0.618. The minimum absolute atomic E-state index is 0.0296. The van der Waals surface area contributed by atoms with Crippen LogP contribution in [0.2, 0.25) is 0 Å². The van der Waals surface area contributed by atoms with E-state index in [-0.39, 0.29) is 11.8 Å². The third-order valence-electron chi connectivity index (χ3n) is 3.14. The normalized spacial score (nSPS) is 11.0. The standard InChI is InChI=1S/C18H21N3O2S/c1-12(2)10-17(22)20-15-7-5-14(6-8-15)18(23)21-19-11-16-9-4-13(3)24-16/h4-9,11-12H,10H2,1-3H3,(H,20,22)(H,21,23). The molecule has 2 amide bonds. The number of carbonyl (C=O) groups excluding carboxylic acids is 2. The summed E-state index contributed by atoms with van der Waals surface area (Å²) in [5.41, 5.74) is 3.65. The monoisotopic (exact) mass is 343 g/mol. The number of benzene rings is 1. The topological polar surface area (TPSA) is 70.6 Å². The van der Waals surface area contributed by atoms with E-state index in [0.29, 0.717) is 23.6 Å². The van der Waals surface area contributed by atoms with Gasteiger partial charge >= 0.3 is 0 Å². The number of hydrogen-bond donors (Lipinski definition) is 2. The van der Waals surface area contributed by atoms with Gasteiger partial charge in [-0.2, -0.15) is 5.10 Å². The zero-order valence-electron chi connectivity index (χ0n) is 14.0. The smallest absolute Gasteiger partial charge is 0.271 e. The number of hydrogen-bond acceptors (Lipinski definition) is 4. The molecule has 0 fully saturated rings. The molecule has 0 aliphatic carbocycles. The Labute approximate surface area is 145 Å². The minimum atomic E-state index is -0.292. The zero-order chi connectivity index (χ0) is 17.5. The van der Waals surface area contributed by atoms with E-state index in [1.807, 2.05) is 32.9 Å². The molecule has 1 heterocycles. The van der Waals surface area contributed by atoms with Crippen LogP contribution in [0, 0.1) is 12.8 Å². The summed E-state index contributed by atoms with van der Waals surface area (Å²) in [5, 5.41) is 6.76. The Morgan fingerprint density at radius 2 is 1.88 bits per heavy atom. The molecule has 126 valence electrons. The lowest BCUT2D eigenvalue weighted by atomic mass is 10.1. The summed E-state index contributed by atoms with van der Waals surface area (Å²) < 4.78 is 0. The van der Waals surface area contributed by atoms with Crippen LogP contribution in [0.25, 0.3) is 0 Å². The Bertz CT molecular complexity index is 733. The van der Waals surface area contributed by atoms with Gasteiger partial charge < -0.3 is 5.32 Å². The average molecular weight is 343 g/mol. The van der Waals surface area contributed by atoms with Crippen LogP contribution in [0.5, 0.6) is 0 Å². The number of nitrogens with one attached hydrogen (secondary N) is 2. The molecular weight excluding hydrogens is 322 g/mol. The molecule has 0 aliphatic heterocycles. The first-order chi connectivity index (χ1) is 11.4. The fourth-order valence-electron chi connectivity index (χ4n) is 2.03. The number of rotatable bonds is 6. The highest BCUT2D eigenvalue weighted by Gasteiger charge is 2.07. The second-order valence-electron chi connectivity index (χ2n) is 5.87. The molecule has 0 saturated heterocycles. The van der Waals surface area contributed by atoms with Gasteiger partial charge in [-0.05, 0) is 49.2 Å². The Balaban J connectivity index is 1.89. The van der Waals surface area contributed by atoms with E-state index in [2.05, 4.69) is 15.8 Å². The van der Waals surface area contributed by atoms with E-state index in [4.69, 9.17) is 0 Å². The lowest BCUT2D eigenvalue weighted by molar-refractivity contribution is -0.116.